The lowest BCUT2D eigenvalue weighted by atomic mass is 10.00. The predicted octanol–water partition coefficient (Wildman–Crippen LogP) is 2.74. The minimum Gasteiger partial charge on any atom is -0.469 e. The van der Waals surface area contributed by atoms with E-state index >= 15 is 0 Å². The van der Waals surface area contributed by atoms with Crippen molar-refractivity contribution in [3.8, 4) is 0 Å². The molecule has 0 aromatic heterocycles. The molecule has 1 rings (SSSR count). The van der Waals surface area contributed by atoms with Gasteiger partial charge in [0.2, 0.25) is 0 Å². The van der Waals surface area contributed by atoms with E-state index in [9.17, 15) is 4.79 Å². The average Bonchev–Trinajstić information content (AvgIpc) is 2.28. The molecule has 0 amide bonds. The van der Waals surface area contributed by atoms with Crippen molar-refractivity contribution in [1.29, 1.82) is 0 Å². The lowest BCUT2D eigenvalue weighted by molar-refractivity contribution is -0.139. The quantitative estimate of drug-likeness (QED) is 0.692. The Bertz CT molecular complexity index is 318. The highest BCUT2D eigenvalue weighted by Gasteiger charge is 2.06. The second-order valence-electron chi connectivity index (χ2n) is 3.63. The summed E-state index contributed by atoms with van der Waals surface area (Å²) in [6, 6.07) is 8.08. The number of carbonyl (C=O) groups excluding carboxylic acids is 1. The first-order valence-electron chi connectivity index (χ1n) is 5.41. The van der Waals surface area contributed by atoms with E-state index in [1.54, 1.807) is 0 Å². The Morgan fingerprint density at radius 2 is 1.93 bits per heavy atom. The maximum Gasteiger partial charge on any atom is 0.309 e. The molecule has 2 heteroatoms. The van der Waals surface area contributed by atoms with Gasteiger partial charge in [-0.2, -0.15) is 0 Å². The number of methoxy groups -OCH3 is 1. The molecule has 0 unspecified atom stereocenters. The zero-order valence-electron chi connectivity index (χ0n) is 9.45. The summed E-state index contributed by atoms with van der Waals surface area (Å²) in [5.74, 6) is -0.168. The molecule has 15 heavy (non-hydrogen) atoms. The Hall–Kier alpha value is -1.31. The van der Waals surface area contributed by atoms with E-state index in [1.807, 2.05) is 18.2 Å². The van der Waals surface area contributed by atoms with Crippen molar-refractivity contribution in [3.05, 3.63) is 35.4 Å². The smallest absolute Gasteiger partial charge is 0.309 e. The Morgan fingerprint density at radius 3 is 2.53 bits per heavy atom. The summed E-state index contributed by atoms with van der Waals surface area (Å²) in [4.78, 5) is 11.2. The Balaban J connectivity index is 2.72. The SMILES string of the molecule is CCCCc1ccccc1CC(=O)OC. The highest BCUT2D eigenvalue weighted by atomic mass is 16.5. The van der Waals surface area contributed by atoms with Gasteiger partial charge in [-0.3, -0.25) is 4.79 Å². The fourth-order valence-corrected chi connectivity index (χ4v) is 1.57. The molecular formula is C13H18O2. The summed E-state index contributed by atoms with van der Waals surface area (Å²) in [6.45, 7) is 2.17. The highest BCUT2D eigenvalue weighted by Crippen LogP contribution is 2.13. The molecule has 2 nitrogen and oxygen atoms in total. The number of rotatable bonds is 5. The summed E-state index contributed by atoms with van der Waals surface area (Å²) in [5, 5.41) is 0. The van der Waals surface area contributed by atoms with Gasteiger partial charge in [-0.15, -0.1) is 0 Å². The van der Waals surface area contributed by atoms with E-state index in [0.717, 1.165) is 18.4 Å². The lowest BCUT2D eigenvalue weighted by Crippen LogP contribution is -2.06. The van der Waals surface area contributed by atoms with Crippen LogP contribution >= 0.6 is 0 Å². The number of benzene rings is 1. The third-order valence-corrected chi connectivity index (χ3v) is 2.48. The molecule has 0 radical (unpaired) electrons. The van der Waals surface area contributed by atoms with Crippen molar-refractivity contribution < 1.29 is 9.53 Å². The van der Waals surface area contributed by atoms with Gasteiger partial charge in [0.15, 0.2) is 0 Å². The minimum atomic E-state index is -0.168. The number of unbranched alkanes of at least 4 members (excludes halogenated alkanes) is 1. The third kappa shape index (κ3) is 3.74. The Morgan fingerprint density at radius 1 is 1.27 bits per heavy atom. The number of hydrogen-bond donors (Lipinski definition) is 0. The molecule has 0 atom stereocenters. The van der Waals surface area contributed by atoms with Gasteiger partial charge in [-0.05, 0) is 24.0 Å². The molecule has 1 aromatic rings. The fraction of sp³-hybridized carbons (Fsp3) is 0.462. The van der Waals surface area contributed by atoms with Crippen LogP contribution in [0.5, 0.6) is 0 Å². The third-order valence-electron chi connectivity index (χ3n) is 2.48. The summed E-state index contributed by atoms with van der Waals surface area (Å²) in [6.07, 6.45) is 3.77. The molecule has 0 aliphatic heterocycles. The maximum atomic E-state index is 11.2. The second kappa shape index (κ2) is 6.23. The van der Waals surface area contributed by atoms with Crippen molar-refractivity contribution in [2.75, 3.05) is 7.11 Å². The maximum absolute atomic E-state index is 11.2. The first-order chi connectivity index (χ1) is 7.27. The van der Waals surface area contributed by atoms with Crippen LogP contribution in [0, 0.1) is 0 Å². The number of esters is 1. The van der Waals surface area contributed by atoms with Crippen molar-refractivity contribution in [1.82, 2.24) is 0 Å². The molecule has 1 aromatic carbocycles. The van der Waals surface area contributed by atoms with Crippen LogP contribution in [0.25, 0.3) is 0 Å². The summed E-state index contributed by atoms with van der Waals surface area (Å²) in [7, 11) is 1.43. The van der Waals surface area contributed by atoms with E-state index in [2.05, 4.69) is 17.7 Å². The van der Waals surface area contributed by atoms with E-state index in [1.165, 1.54) is 19.1 Å². The van der Waals surface area contributed by atoms with Gasteiger partial charge in [-0.1, -0.05) is 37.6 Å². The minimum absolute atomic E-state index is 0.168. The van der Waals surface area contributed by atoms with Crippen LogP contribution in [0.3, 0.4) is 0 Å². The molecule has 0 N–H and O–H groups in total. The van der Waals surface area contributed by atoms with Crippen LogP contribution in [-0.2, 0) is 22.4 Å². The lowest BCUT2D eigenvalue weighted by Gasteiger charge is -2.07. The molecule has 0 saturated carbocycles. The molecule has 0 fully saturated rings. The molecule has 82 valence electrons. The first kappa shape index (κ1) is 11.8. The number of hydrogen-bond acceptors (Lipinski definition) is 2. The van der Waals surface area contributed by atoms with Crippen molar-refractivity contribution in [2.45, 2.75) is 32.6 Å². The van der Waals surface area contributed by atoms with Crippen molar-refractivity contribution >= 4 is 5.97 Å². The normalized spacial score (nSPS) is 10.0. The zero-order chi connectivity index (χ0) is 11.1. The average molecular weight is 206 g/mol. The largest absolute Gasteiger partial charge is 0.469 e. The van der Waals surface area contributed by atoms with Gasteiger partial charge < -0.3 is 4.74 Å². The number of aryl methyl sites for hydroxylation is 1. The molecule has 0 aliphatic rings. The van der Waals surface area contributed by atoms with Gasteiger partial charge in [0, 0.05) is 0 Å². The van der Waals surface area contributed by atoms with Crippen LogP contribution in [0.1, 0.15) is 30.9 Å². The van der Waals surface area contributed by atoms with Crippen LogP contribution in [-0.4, -0.2) is 13.1 Å². The Labute approximate surface area is 91.3 Å². The number of carbonyl (C=O) groups is 1. The zero-order valence-corrected chi connectivity index (χ0v) is 9.45. The van der Waals surface area contributed by atoms with Crippen molar-refractivity contribution in [2.24, 2.45) is 0 Å². The van der Waals surface area contributed by atoms with Crippen LogP contribution < -0.4 is 0 Å². The van der Waals surface area contributed by atoms with E-state index < -0.39 is 0 Å². The first-order valence-corrected chi connectivity index (χ1v) is 5.41. The molecule has 0 bridgehead atoms. The van der Waals surface area contributed by atoms with Crippen LogP contribution in [0.2, 0.25) is 0 Å². The standard InChI is InChI=1S/C13H18O2/c1-3-4-7-11-8-5-6-9-12(11)10-13(14)15-2/h5-6,8-9H,3-4,7,10H2,1-2H3. The van der Waals surface area contributed by atoms with Gasteiger partial charge in [0.1, 0.15) is 0 Å². The molecular weight excluding hydrogens is 188 g/mol. The molecule has 0 saturated heterocycles. The summed E-state index contributed by atoms with van der Waals surface area (Å²) >= 11 is 0. The van der Waals surface area contributed by atoms with Gasteiger partial charge in [-0.25, -0.2) is 0 Å². The van der Waals surface area contributed by atoms with Crippen molar-refractivity contribution in [3.63, 3.8) is 0 Å². The predicted molar refractivity (Wildman–Crippen MR) is 60.8 cm³/mol. The van der Waals surface area contributed by atoms with E-state index in [0.29, 0.717) is 6.42 Å². The Kier molecular flexibility index (Phi) is 4.88. The second-order valence-corrected chi connectivity index (χ2v) is 3.63. The molecule has 0 aliphatic carbocycles. The van der Waals surface area contributed by atoms with Crippen LogP contribution in [0.15, 0.2) is 24.3 Å². The fourth-order valence-electron chi connectivity index (χ4n) is 1.57. The topological polar surface area (TPSA) is 26.3 Å². The summed E-state index contributed by atoms with van der Waals surface area (Å²) < 4.78 is 4.67. The monoisotopic (exact) mass is 206 g/mol. The number of ether oxygens (including phenoxy) is 1. The van der Waals surface area contributed by atoms with E-state index in [4.69, 9.17) is 0 Å². The molecule has 0 spiro atoms. The summed E-state index contributed by atoms with van der Waals surface area (Å²) in [5.41, 5.74) is 2.36. The van der Waals surface area contributed by atoms with Crippen LogP contribution in [0.4, 0.5) is 0 Å². The molecule has 0 heterocycles. The van der Waals surface area contributed by atoms with Gasteiger partial charge in [0.25, 0.3) is 0 Å². The highest BCUT2D eigenvalue weighted by molar-refractivity contribution is 5.72. The van der Waals surface area contributed by atoms with Gasteiger partial charge in [0.05, 0.1) is 13.5 Å². The van der Waals surface area contributed by atoms with Gasteiger partial charge >= 0.3 is 5.97 Å². The van der Waals surface area contributed by atoms with E-state index in [-0.39, 0.29) is 5.97 Å².